The lowest BCUT2D eigenvalue weighted by Crippen LogP contribution is -2.31. The van der Waals surface area contributed by atoms with Crippen LogP contribution < -0.4 is 0 Å². The summed E-state index contributed by atoms with van der Waals surface area (Å²) in [6, 6.07) is 8.69. The SMILES string of the molecule is CC1=CC=CC(C)(C)C1CS(=O)(=O)c1ccccc1. The Morgan fingerprint density at radius 3 is 2.37 bits per heavy atom. The van der Waals surface area contributed by atoms with Crippen molar-refractivity contribution in [3.05, 3.63) is 54.1 Å². The van der Waals surface area contributed by atoms with Gasteiger partial charge in [0.2, 0.25) is 0 Å². The van der Waals surface area contributed by atoms with Crippen LogP contribution in [0.5, 0.6) is 0 Å². The normalized spacial score (nSPS) is 22.1. The first-order valence-corrected chi connectivity index (χ1v) is 8.12. The first kappa shape index (κ1) is 14.1. The standard InChI is InChI=1S/C16H20O2S/c1-13-8-7-11-16(2,3)15(13)12-19(17,18)14-9-5-4-6-10-14/h4-11,15H,12H2,1-3H3. The summed E-state index contributed by atoms with van der Waals surface area (Å²) in [5, 5.41) is 0. The first-order valence-electron chi connectivity index (χ1n) is 6.47. The Morgan fingerprint density at radius 2 is 1.79 bits per heavy atom. The lowest BCUT2D eigenvalue weighted by atomic mass is 9.73. The van der Waals surface area contributed by atoms with Crippen LogP contribution in [0, 0.1) is 11.3 Å². The lowest BCUT2D eigenvalue weighted by Gasteiger charge is -2.34. The number of hydrogen-bond donors (Lipinski definition) is 0. The minimum Gasteiger partial charge on any atom is -0.224 e. The average molecular weight is 276 g/mol. The van der Waals surface area contributed by atoms with Crippen molar-refractivity contribution in [2.45, 2.75) is 25.7 Å². The van der Waals surface area contributed by atoms with Gasteiger partial charge < -0.3 is 0 Å². The molecule has 1 aliphatic rings. The van der Waals surface area contributed by atoms with Crippen LogP contribution in [-0.4, -0.2) is 14.2 Å². The van der Waals surface area contributed by atoms with Gasteiger partial charge >= 0.3 is 0 Å². The van der Waals surface area contributed by atoms with Gasteiger partial charge in [0.25, 0.3) is 0 Å². The van der Waals surface area contributed by atoms with E-state index in [1.165, 1.54) is 0 Å². The van der Waals surface area contributed by atoms with Crippen molar-refractivity contribution < 1.29 is 8.42 Å². The van der Waals surface area contributed by atoms with Gasteiger partial charge in [0.1, 0.15) is 0 Å². The van der Waals surface area contributed by atoms with Crippen LogP contribution in [0.3, 0.4) is 0 Å². The van der Waals surface area contributed by atoms with Crippen molar-refractivity contribution in [3.63, 3.8) is 0 Å². The van der Waals surface area contributed by atoms with E-state index in [1.54, 1.807) is 24.3 Å². The molecule has 0 saturated carbocycles. The zero-order chi connectivity index (χ0) is 14.1. The van der Waals surface area contributed by atoms with Crippen LogP contribution >= 0.6 is 0 Å². The quantitative estimate of drug-likeness (QED) is 0.845. The second-order valence-corrected chi connectivity index (χ2v) is 7.77. The van der Waals surface area contributed by atoms with Gasteiger partial charge in [0.15, 0.2) is 9.84 Å². The smallest absolute Gasteiger partial charge is 0.178 e. The number of sulfone groups is 1. The first-order chi connectivity index (χ1) is 8.83. The van der Waals surface area contributed by atoms with Crippen molar-refractivity contribution in [3.8, 4) is 0 Å². The molecule has 0 saturated heterocycles. The van der Waals surface area contributed by atoms with Gasteiger partial charge in [-0.25, -0.2) is 8.42 Å². The summed E-state index contributed by atoms with van der Waals surface area (Å²) in [5.41, 5.74) is 1.01. The molecule has 1 aliphatic carbocycles. The maximum Gasteiger partial charge on any atom is 0.178 e. The summed E-state index contributed by atoms with van der Waals surface area (Å²) in [4.78, 5) is 0.410. The second kappa shape index (κ2) is 4.97. The van der Waals surface area contributed by atoms with Crippen LogP contribution in [0.4, 0.5) is 0 Å². The molecule has 0 amide bonds. The van der Waals surface area contributed by atoms with E-state index in [-0.39, 0.29) is 17.1 Å². The molecule has 0 heterocycles. The fourth-order valence-corrected chi connectivity index (χ4v) is 4.45. The summed E-state index contributed by atoms with van der Waals surface area (Å²) in [7, 11) is -3.24. The second-order valence-electron chi connectivity index (χ2n) is 5.74. The molecule has 0 N–H and O–H groups in total. The third kappa shape index (κ3) is 2.98. The van der Waals surface area contributed by atoms with Crippen LogP contribution in [-0.2, 0) is 9.84 Å². The maximum atomic E-state index is 12.5. The van der Waals surface area contributed by atoms with Crippen molar-refractivity contribution >= 4 is 9.84 Å². The molecule has 3 heteroatoms. The fraction of sp³-hybridized carbons (Fsp3) is 0.375. The summed E-state index contributed by atoms with van der Waals surface area (Å²) in [5.74, 6) is 0.194. The molecule has 1 aromatic rings. The molecule has 0 spiro atoms. The summed E-state index contributed by atoms with van der Waals surface area (Å²) in [6.45, 7) is 6.19. The highest BCUT2D eigenvalue weighted by molar-refractivity contribution is 7.91. The van der Waals surface area contributed by atoms with Gasteiger partial charge in [-0.1, -0.05) is 55.8 Å². The Morgan fingerprint density at radius 1 is 1.16 bits per heavy atom. The zero-order valence-electron chi connectivity index (χ0n) is 11.6. The molecule has 1 aromatic carbocycles. The van der Waals surface area contributed by atoms with E-state index in [1.807, 2.05) is 25.1 Å². The average Bonchev–Trinajstić information content (AvgIpc) is 2.35. The van der Waals surface area contributed by atoms with Gasteiger partial charge in [-0.3, -0.25) is 0 Å². The van der Waals surface area contributed by atoms with E-state index in [0.29, 0.717) is 4.90 Å². The molecule has 0 radical (unpaired) electrons. The van der Waals surface area contributed by atoms with Crippen molar-refractivity contribution in [1.82, 2.24) is 0 Å². The predicted molar refractivity (Wildman–Crippen MR) is 78.7 cm³/mol. The van der Waals surface area contributed by atoms with Crippen LogP contribution in [0.15, 0.2) is 59.0 Å². The number of hydrogen-bond acceptors (Lipinski definition) is 2. The van der Waals surface area contributed by atoms with Gasteiger partial charge in [0.05, 0.1) is 10.6 Å². The minimum atomic E-state index is -3.24. The molecule has 0 aliphatic heterocycles. The third-order valence-corrected chi connectivity index (χ3v) is 5.58. The topological polar surface area (TPSA) is 34.1 Å². The van der Waals surface area contributed by atoms with Crippen LogP contribution in [0.1, 0.15) is 20.8 Å². The molecule has 2 nitrogen and oxygen atoms in total. The van der Waals surface area contributed by atoms with E-state index in [0.717, 1.165) is 5.57 Å². The van der Waals surface area contributed by atoms with E-state index in [4.69, 9.17) is 0 Å². The van der Waals surface area contributed by atoms with E-state index in [2.05, 4.69) is 19.9 Å². The van der Waals surface area contributed by atoms with Crippen molar-refractivity contribution in [1.29, 1.82) is 0 Å². The summed E-state index contributed by atoms with van der Waals surface area (Å²) < 4.78 is 25.0. The Bertz CT molecular complexity index is 607. The third-order valence-electron chi connectivity index (χ3n) is 3.82. The summed E-state index contributed by atoms with van der Waals surface area (Å²) in [6.07, 6.45) is 6.11. The molecule has 19 heavy (non-hydrogen) atoms. The van der Waals surface area contributed by atoms with Crippen LogP contribution in [0.25, 0.3) is 0 Å². The van der Waals surface area contributed by atoms with Gasteiger partial charge in [-0.2, -0.15) is 0 Å². The molecule has 0 bridgehead atoms. The van der Waals surface area contributed by atoms with E-state index < -0.39 is 9.84 Å². The highest BCUT2D eigenvalue weighted by Crippen LogP contribution is 2.38. The Balaban J connectivity index is 2.31. The summed E-state index contributed by atoms with van der Waals surface area (Å²) >= 11 is 0. The van der Waals surface area contributed by atoms with Crippen molar-refractivity contribution in [2.24, 2.45) is 11.3 Å². The van der Waals surface area contributed by atoms with Gasteiger partial charge in [0, 0.05) is 5.92 Å². The molecule has 102 valence electrons. The molecular weight excluding hydrogens is 256 g/mol. The Hall–Kier alpha value is -1.35. The van der Waals surface area contributed by atoms with E-state index >= 15 is 0 Å². The van der Waals surface area contributed by atoms with Gasteiger partial charge in [-0.15, -0.1) is 0 Å². The molecule has 0 fully saturated rings. The molecule has 0 aromatic heterocycles. The molecular formula is C16H20O2S. The lowest BCUT2D eigenvalue weighted by molar-refractivity contribution is 0.347. The largest absolute Gasteiger partial charge is 0.224 e. The monoisotopic (exact) mass is 276 g/mol. The maximum absolute atomic E-state index is 12.5. The zero-order valence-corrected chi connectivity index (χ0v) is 12.4. The Kier molecular flexibility index (Phi) is 3.68. The fourth-order valence-electron chi connectivity index (χ4n) is 2.56. The number of allylic oxidation sites excluding steroid dienone is 4. The highest BCUT2D eigenvalue weighted by Gasteiger charge is 2.34. The van der Waals surface area contributed by atoms with E-state index in [9.17, 15) is 8.42 Å². The molecule has 2 rings (SSSR count). The number of benzene rings is 1. The molecule has 1 unspecified atom stereocenters. The van der Waals surface area contributed by atoms with Gasteiger partial charge in [-0.05, 0) is 24.5 Å². The Labute approximate surface area is 115 Å². The van der Waals surface area contributed by atoms with Crippen LogP contribution in [0.2, 0.25) is 0 Å². The number of rotatable bonds is 3. The minimum absolute atomic E-state index is 0.0303. The predicted octanol–water partition coefficient (Wildman–Crippen LogP) is 3.62. The van der Waals surface area contributed by atoms with Crippen molar-refractivity contribution in [2.75, 3.05) is 5.75 Å². The highest BCUT2D eigenvalue weighted by atomic mass is 32.2. The molecule has 1 atom stereocenters.